The fourth-order valence-corrected chi connectivity index (χ4v) is 4.19. The number of halogens is 3. The van der Waals surface area contributed by atoms with Gasteiger partial charge in [0, 0.05) is 31.5 Å². The number of nitrogens with zero attached hydrogens (tertiary/aromatic N) is 3. The van der Waals surface area contributed by atoms with Gasteiger partial charge in [0.05, 0.1) is 11.5 Å². The van der Waals surface area contributed by atoms with E-state index < -0.39 is 23.8 Å². The van der Waals surface area contributed by atoms with Gasteiger partial charge in [0.1, 0.15) is 5.82 Å². The second-order valence-electron chi connectivity index (χ2n) is 8.11. The minimum absolute atomic E-state index is 0.241. The van der Waals surface area contributed by atoms with Gasteiger partial charge in [0.15, 0.2) is 6.10 Å². The summed E-state index contributed by atoms with van der Waals surface area (Å²) in [5.74, 6) is -0.573. The largest absolute Gasteiger partial charge is 0.452 e. The van der Waals surface area contributed by atoms with E-state index in [4.69, 9.17) is 4.74 Å². The highest BCUT2D eigenvalue weighted by Crippen LogP contribution is 2.31. The Morgan fingerprint density at radius 1 is 1.09 bits per heavy atom. The number of esters is 1. The number of piperidine rings is 1. The number of carbonyl (C=O) groups is 2. The SMILES string of the molecule is CC(OC(=O)C1CCN(c2ccc(C(F)(F)F)cn2)CC1)C(=O)N1CCc2ccccc21. The molecule has 32 heavy (non-hydrogen) atoms. The van der Waals surface area contributed by atoms with Gasteiger partial charge in [-0.2, -0.15) is 13.2 Å². The minimum Gasteiger partial charge on any atom is -0.452 e. The van der Waals surface area contributed by atoms with Crippen molar-refractivity contribution >= 4 is 23.4 Å². The zero-order valence-electron chi connectivity index (χ0n) is 17.6. The summed E-state index contributed by atoms with van der Waals surface area (Å²) in [5.41, 5.74) is 1.17. The maximum atomic E-state index is 12.8. The molecule has 1 fully saturated rings. The van der Waals surface area contributed by atoms with E-state index >= 15 is 0 Å². The van der Waals surface area contributed by atoms with Crippen LogP contribution in [0.25, 0.3) is 0 Å². The Kier molecular flexibility index (Phi) is 6.08. The molecule has 6 nitrogen and oxygen atoms in total. The summed E-state index contributed by atoms with van der Waals surface area (Å²) in [7, 11) is 0. The van der Waals surface area contributed by atoms with Gasteiger partial charge in [0.2, 0.25) is 0 Å². The van der Waals surface area contributed by atoms with Crippen molar-refractivity contribution in [3.8, 4) is 0 Å². The number of amides is 1. The number of ether oxygens (including phenoxy) is 1. The Morgan fingerprint density at radius 3 is 2.47 bits per heavy atom. The van der Waals surface area contributed by atoms with Gasteiger partial charge in [-0.1, -0.05) is 18.2 Å². The smallest absolute Gasteiger partial charge is 0.417 e. The van der Waals surface area contributed by atoms with Gasteiger partial charge in [-0.3, -0.25) is 9.59 Å². The first kappa shape index (κ1) is 22.1. The van der Waals surface area contributed by atoms with Crippen molar-refractivity contribution in [2.75, 3.05) is 29.4 Å². The van der Waals surface area contributed by atoms with Gasteiger partial charge >= 0.3 is 12.1 Å². The first-order valence-electron chi connectivity index (χ1n) is 10.6. The maximum Gasteiger partial charge on any atom is 0.417 e. The fourth-order valence-electron chi connectivity index (χ4n) is 4.19. The normalized spacial score (nSPS) is 17.8. The molecule has 0 bridgehead atoms. The molecule has 0 N–H and O–H groups in total. The summed E-state index contributed by atoms with van der Waals surface area (Å²) in [5, 5.41) is 0. The van der Waals surface area contributed by atoms with Crippen LogP contribution >= 0.6 is 0 Å². The van der Waals surface area contributed by atoms with Crippen LogP contribution in [0, 0.1) is 5.92 Å². The molecule has 1 atom stereocenters. The molecule has 2 aromatic rings. The number of para-hydroxylation sites is 1. The van der Waals surface area contributed by atoms with E-state index in [9.17, 15) is 22.8 Å². The van der Waals surface area contributed by atoms with Crippen LogP contribution in [-0.4, -0.2) is 42.6 Å². The second-order valence-corrected chi connectivity index (χ2v) is 8.11. The monoisotopic (exact) mass is 447 g/mol. The van der Waals surface area contributed by atoms with Crippen LogP contribution in [0.3, 0.4) is 0 Å². The van der Waals surface area contributed by atoms with E-state index in [-0.39, 0.29) is 11.8 Å². The van der Waals surface area contributed by atoms with Crippen molar-refractivity contribution in [3.05, 3.63) is 53.7 Å². The zero-order chi connectivity index (χ0) is 22.9. The maximum absolute atomic E-state index is 12.8. The Balaban J connectivity index is 1.29. The van der Waals surface area contributed by atoms with E-state index in [0.29, 0.717) is 38.3 Å². The van der Waals surface area contributed by atoms with Crippen molar-refractivity contribution in [3.63, 3.8) is 0 Å². The van der Waals surface area contributed by atoms with Crippen molar-refractivity contribution < 1.29 is 27.5 Å². The van der Waals surface area contributed by atoms with E-state index in [0.717, 1.165) is 29.9 Å². The molecule has 170 valence electrons. The van der Waals surface area contributed by atoms with Gasteiger partial charge in [-0.05, 0) is 49.9 Å². The molecule has 2 aliphatic rings. The van der Waals surface area contributed by atoms with Crippen molar-refractivity contribution in [1.82, 2.24) is 4.98 Å². The lowest BCUT2D eigenvalue weighted by atomic mass is 9.97. The van der Waals surface area contributed by atoms with Crippen LogP contribution in [-0.2, 0) is 26.9 Å². The lowest BCUT2D eigenvalue weighted by molar-refractivity contribution is -0.158. The quantitative estimate of drug-likeness (QED) is 0.667. The first-order valence-corrected chi connectivity index (χ1v) is 10.6. The first-order chi connectivity index (χ1) is 15.2. The van der Waals surface area contributed by atoms with Gasteiger partial charge in [-0.15, -0.1) is 0 Å². The number of benzene rings is 1. The molecule has 1 amide bonds. The van der Waals surface area contributed by atoms with Crippen LogP contribution < -0.4 is 9.80 Å². The molecule has 1 aromatic carbocycles. The number of alkyl halides is 3. The van der Waals surface area contributed by atoms with Gasteiger partial charge in [0.25, 0.3) is 5.91 Å². The molecule has 3 heterocycles. The highest BCUT2D eigenvalue weighted by molar-refractivity contribution is 5.99. The third kappa shape index (κ3) is 4.56. The van der Waals surface area contributed by atoms with Crippen LogP contribution in [0.15, 0.2) is 42.6 Å². The molecule has 1 unspecified atom stereocenters. The number of rotatable bonds is 4. The molecular weight excluding hydrogens is 423 g/mol. The van der Waals surface area contributed by atoms with Gasteiger partial charge < -0.3 is 14.5 Å². The number of pyridine rings is 1. The molecule has 1 saturated heterocycles. The van der Waals surface area contributed by atoms with E-state index in [1.54, 1.807) is 11.8 Å². The number of carbonyl (C=O) groups excluding carboxylic acids is 2. The number of fused-ring (bicyclic) bond motifs is 1. The summed E-state index contributed by atoms with van der Waals surface area (Å²) in [6.07, 6.45) is -2.75. The highest BCUT2D eigenvalue weighted by atomic mass is 19.4. The lowest BCUT2D eigenvalue weighted by Crippen LogP contribution is -2.42. The highest BCUT2D eigenvalue weighted by Gasteiger charge is 2.34. The summed E-state index contributed by atoms with van der Waals surface area (Å²) in [6, 6.07) is 10.0. The van der Waals surface area contributed by atoms with Crippen LogP contribution in [0.1, 0.15) is 30.9 Å². The number of hydrogen-bond donors (Lipinski definition) is 0. The zero-order valence-corrected chi connectivity index (χ0v) is 17.6. The third-order valence-electron chi connectivity index (χ3n) is 6.02. The minimum atomic E-state index is -4.42. The average molecular weight is 447 g/mol. The summed E-state index contributed by atoms with van der Waals surface area (Å²) < 4.78 is 43.6. The molecule has 4 rings (SSSR count). The molecule has 0 spiro atoms. The fraction of sp³-hybridized carbons (Fsp3) is 0.435. The Hall–Kier alpha value is -3.10. The molecule has 2 aliphatic heterocycles. The third-order valence-corrected chi connectivity index (χ3v) is 6.02. The van der Waals surface area contributed by atoms with E-state index in [1.807, 2.05) is 29.2 Å². The molecule has 1 aromatic heterocycles. The standard InChI is InChI=1S/C23H24F3N3O3/c1-15(21(30)29-13-10-16-4-2-3-5-19(16)29)32-22(31)17-8-11-28(12-9-17)20-7-6-18(14-27-20)23(24,25)26/h2-7,14-15,17H,8-13H2,1H3. The number of aromatic nitrogens is 1. The molecule has 0 radical (unpaired) electrons. The predicted octanol–water partition coefficient (Wildman–Crippen LogP) is 3.84. The number of anilines is 2. The van der Waals surface area contributed by atoms with E-state index in [2.05, 4.69) is 4.98 Å². The van der Waals surface area contributed by atoms with Crippen molar-refractivity contribution in [2.24, 2.45) is 5.92 Å². The Morgan fingerprint density at radius 2 is 1.81 bits per heavy atom. The Labute approximate surface area is 184 Å². The second kappa shape index (κ2) is 8.80. The molecule has 0 aliphatic carbocycles. The molecule has 0 saturated carbocycles. The molecule has 9 heteroatoms. The summed E-state index contributed by atoms with van der Waals surface area (Å²) >= 11 is 0. The summed E-state index contributed by atoms with van der Waals surface area (Å²) in [6.45, 7) is 3.10. The van der Waals surface area contributed by atoms with Crippen molar-refractivity contribution in [1.29, 1.82) is 0 Å². The van der Waals surface area contributed by atoms with Crippen LogP contribution in [0.2, 0.25) is 0 Å². The molecular formula is C23H24F3N3O3. The Bertz CT molecular complexity index is 986. The topological polar surface area (TPSA) is 62.7 Å². The predicted molar refractivity (Wildman–Crippen MR) is 112 cm³/mol. The van der Waals surface area contributed by atoms with Gasteiger partial charge in [-0.25, -0.2) is 4.98 Å². The van der Waals surface area contributed by atoms with Crippen LogP contribution in [0.4, 0.5) is 24.7 Å². The van der Waals surface area contributed by atoms with Crippen LogP contribution in [0.5, 0.6) is 0 Å². The van der Waals surface area contributed by atoms with Crippen molar-refractivity contribution in [2.45, 2.75) is 38.5 Å². The number of hydrogen-bond acceptors (Lipinski definition) is 5. The van der Waals surface area contributed by atoms with E-state index in [1.165, 1.54) is 6.07 Å². The lowest BCUT2D eigenvalue weighted by Gasteiger charge is -2.32. The summed E-state index contributed by atoms with van der Waals surface area (Å²) in [4.78, 5) is 32.9. The average Bonchev–Trinajstić information content (AvgIpc) is 3.22.